The lowest BCUT2D eigenvalue weighted by atomic mass is 9.73. The fourth-order valence-corrected chi connectivity index (χ4v) is 9.58. The van der Waals surface area contributed by atoms with Crippen molar-refractivity contribution in [3.8, 4) is 45.3 Å². The molecule has 1 aliphatic heterocycles. The first-order chi connectivity index (χ1) is 26.5. The van der Waals surface area contributed by atoms with Crippen LogP contribution in [0.2, 0.25) is 0 Å². The SMILES string of the molecule is CCC1(CC)c2cc3ccc2-c2ccc(cc21)COc1ccccc1OCc1ccc2c(c1)C(CC)(CC)c1cc(ccc1-2)COc1ccccc1OC3. The second-order valence-electron chi connectivity index (χ2n) is 15.1. The minimum Gasteiger partial charge on any atom is -0.485 e. The van der Waals surface area contributed by atoms with Gasteiger partial charge in [-0.1, -0.05) is 125 Å². The molecule has 3 aliphatic rings. The van der Waals surface area contributed by atoms with E-state index in [0.717, 1.165) is 70.9 Å². The molecule has 272 valence electrons. The molecule has 0 unspecified atom stereocenters. The van der Waals surface area contributed by atoms with E-state index in [1.807, 2.05) is 48.5 Å². The summed E-state index contributed by atoms with van der Waals surface area (Å²) in [5, 5.41) is 0. The summed E-state index contributed by atoms with van der Waals surface area (Å²) >= 11 is 0. The number of ether oxygens (including phenoxy) is 4. The number of hydrogen-bond acceptors (Lipinski definition) is 4. The fraction of sp³-hybridized carbons (Fsp3) is 0.280. The van der Waals surface area contributed by atoms with Gasteiger partial charge in [0.2, 0.25) is 0 Å². The Balaban J connectivity index is 1.12. The first-order valence-corrected chi connectivity index (χ1v) is 19.7. The van der Waals surface area contributed by atoms with Gasteiger partial charge in [0.05, 0.1) is 0 Å². The predicted octanol–water partition coefficient (Wildman–Crippen LogP) is 12.5. The maximum Gasteiger partial charge on any atom is 0.161 e. The lowest BCUT2D eigenvalue weighted by molar-refractivity contribution is 0.255. The second kappa shape index (κ2) is 13.7. The van der Waals surface area contributed by atoms with Crippen molar-refractivity contribution in [1.82, 2.24) is 0 Å². The molecule has 0 N–H and O–H groups in total. The van der Waals surface area contributed by atoms with Gasteiger partial charge in [-0.3, -0.25) is 0 Å². The van der Waals surface area contributed by atoms with Crippen LogP contribution in [0.4, 0.5) is 0 Å². The largest absolute Gasteiger partial charge is 0.485 e. The molecular weight excluding hydrogens is 665 g/mol. The van der Waals surface area contributed by atoms with Crippen LogP contribution in [0.15, 0.2) is 121 Å². The van der Waals surface area contributed by atoms with Crippen LogP contribution in [-0.2, 0) is 37.3 Å². The first-order valence-electron chi connectivity index (χ1n) is 19.7. The van der Waals surface area contributed by atoms with E-state index in [1.165, 1.54) is 44.5 Å². The molecule has 2 aliphatic carbocycles. The second-order valence-corrected chi connectivity index (χ2v) is 15.1. The smallest absolute Gasteiger partial charge is 0.161 e. The molecule has 6 aromatic carbocycles. The highest BCUT2D eigenvalue weighted by Crippen LogP contribution is 2.54. The van der Waals surface area contributed by atoms with Gasteiger partial charge in [-0.05, 0) is 117 Å². The van der Waals surface area contributed by atoms with Crippen LogP contribution in [0.5, 0.6) is 23.0 Å². The summed E-state index contributed by atoms with van der Waals surface area (Å²) < 4.78 is 26.1. The van der Waals surface area contributed by atoms with Gasteiger partial charge in [0, 0.05) is 10.8 Å². The minimum atomic E-state index is -0.0800. The molecule has 8 bridgehead atoms. The molecule has 4 heteroatoms. The Morgan fingerprint density at radius 1 is 0.352 bits per heavy atom. The summed E-state index contributed by atoms with van der Waals surface area (Å²) in [6, 6.07) is 43.6. The van der Waals surface area contributed by atoms with Gasteiger partial charge >= 0.3 is 0 Å². The molecule has 9 rings (SSSR count). The van der Waals surface area contributed by atoms with Crippen molar-refractivity contribution < 1.29 is 18.9 Å². The average molecular weight is 713 g/mol. The summed E-state index contributed by atoms with van der Waals surface area (Å²) in [6.45, 7) is 11.1. The van der Waals surface area contributed by atoms with Gasteiger partial charge in [-0.25, -0.2) is 0 Å². The normalized spacial score (nSPS) is 15.9. The topological polar surface area (TPSA) is 36.9 Å². The molecule has 0 aromatic heterocycles. The molecule has 4 nitrogen and oxygen atoms in total. The van der Waals surface area contributed by atoms with Crippen molar-refractivity contribution in [1.29, 1.82) is 0 Å². The average Bonchev–Trinajstić information content (AvgIpc) is 3.66. The molecule has 0 amide bonds. The number of fused-ring (bicyclic) bond motifs is 8. The number of benzene rings is 6. The van der Waals surface area contributed by atoms with Gasteiger partial charge in [0.1, 0.15) is 26.4 Å². The Kier molecular flexibility index (Phi) is 8.73. The molecule has 0 saturated heterocycles. The minimum absolute atomic E-state index is 0.0800. The van der Waals surface area contributed by atoms with E-state index in [-0.39, 0.29) is 10.8 Å². The Morgan fingerprint density at radius 2 is 0.593 bits per heavy atom. The van der Waals surface area contributed by atoms with Gasteiger partial charge in [0.25, 0.3) is 0 Å². The van der Waals surface area contributed by atoms with Crippen molar-refractivity contribution >= 4 is 0 Å². The number of para-hydroxylation sites is 4. The van der Waals surface area contributed by atoms with Crippen LogP contribution in [-0.4, -0.2) is 0 Å². The predicted molar refractivity (Wildman–Crippen MR) is 217 cm³/mol. The zero-order chi connectivity index (χ0) is 36.9. The first kappa shape index (κ1) is 34.3. The van der Waals surface area contributed by atoms with E-state index in [1.54, 1.807) is 0 Å². The molecule has 0 atom stereocenters. The van der Waals surface area contributed by atoms with Crippen LogP contribution in [0.25, 0.3) is 22.3 Å². The molecule has 0 saturated carbocycles. The third-order valence-corrected chi connectivity index (χ3v) is 12.7. The van der Waals surface area contributed by atoms with Gasteiger partial charge in [-0.15, -0.1) is 0 Å². The third kappa shape index (κ3) is 5.49. The molecule has 54 heavy (non-hydrogen) atoms. The molecular formula is C50H48O4. The quantitative estimate of drug-likeness (QED) is 0.182. The van der Waals surface area contributed by atoms with E-state index in [9.17, 15) is 0 Å². The van der Waals surface area contributed by atoms with Crippen LogP contribution >= 0.6 is 0 Å². The maximum absolute atomic E-state index is 6.54. The van der Waals surface area contributed by atoms with Crippen molar-refractivity contribution in [3.63, 3.8) is 0 Å². The van der Waals surface area contributed by atoms with Crippen LogP contribution in [0, 0.1) is 0 Å². The van der Waals surface area contributed by atoms with Crippen molar-refractivity contribution in [2.24, 2.45) is 0 Å². The summed E-state index contributed by atoms with van der Waals surface area (Å²) in [5.74, 6) is 3.02. The monoisotopic (exact) mass is 712 g/mol. The third-order valence-electron chi connectivity index (χ3n) is 12.7. The molecule has 0 fully saturated rings. The molecule has 0 spiro atoms. The lowest BCUT2D eigenvalue weighted by Crippen LogP contribution is -2.23. The van der Waals surface area contributed by atoms with Gasteiger partial charge in [-0.2, -0.15) is 0 Å². The van der Waals surface area contributed by atoms with Crippen LogP contribution in [0.3, 0.4) is 0 Å². The zero-order valence-corrected chi connectivity index (χ0v) is 31.8. The van der Waals surface area contributed by atoms with Gasteiger partial charge < -0.3 is 18.9 Å². The standard InChI is InChI=1S/C50H48O4/c1-5-49(6-2)41-25-33-17-21-37(41)38-22-18-34(26-42(38)49)30-52-46-14-10-12-16-48(46)54-32-36-20-24-40-39-23-19-35(27-43(39)50(7-3,8-4)44(40)28-36)31-53-47-15-11-9-13-45(47)51-29-33/h9-28H,5-8,29-32H2,1-4H3. The number of hydrogen-bond donors (Lipinski definition) is 0. The Labute approximate surface area is 319 Å². The summed E-state index contributed by atoms with van der Waals surface area (Å²) in [4.78, 5) is 0. The maximum atomic E-state index is 6.54. The Hall–Kier alpha value is -5.48. The Morgan fingerprint density at radius 3 is 0.815 bits per heavy atom. The van der Waals surface area contributed by atoms with Gasteiger partial charge in [0.15, 0.2) is 23.0 Å². The van der Waals surface area contributed by atoms with Crippen molar-refractivity contribution in [2.45, 2.75) is 90.6 Å². The molecule has 0 radical (unpaired) electrons. The lowest BCUT2D eigenvalue weighted by Gasteiger charge is -2.30. The van der Waals surface area contributed by atoms with Crippen molar-refractivity contribution in [3.05, 3.63) is 166 Å². The highest BCUT2D eigenvalue weighted by Gasteiger charge is 2.42. The highest BCUT2D eigenvalue weighted by molar-refractivity contribution is 5.83. The van der Waals surface area contributed by atoms with E-state index >= 15 is 0 Å². The fourth-order valence-electron chi connectivity index (χ4n) is 9.58. The number of rotatable bonds is 4. The van der Waals surface area contributed by atoms with Crippen LogP contribution < -0.4 is 18.9 Å². The van der Waals surface area contributed by atoms with Crippen LogP contribution in [0.1, 0.15) is 97.9 Å². The summed E-state index contributed by atoms with van der Waals surface area (Å²) in [7, 11) is 0. The highest BCUT2D eigenvalue weighted by atomic mass is 16.5. The van der Waals surface area contributed by atoms with E-state index < -0.39 is 0 Å². The van der Waals surface area contributed by atoms with E-state index in [0.29, 0.717) is 26.4 Å². The molecule has 1 heterocycles. The summed E-state index contributed by atoms with van der Waals surface area (Å²) in [5.41, 5.74) is 15.2. The van der Waals surface area contributed by atoms with E-state index in [4.69, 9.17) is 18.9 Å². The summed E-state index contributed by atoms with van der Waals surface area (Å²) in [6.07, 6.45) is 4.03. The zero-order valence-electron chi connectivity index (χ0n) is 31.8. The Bertz CT molecular complexity index is 2040. The van der Waals surface area contributed by atoms with Crippen molar-refractivity contribution in [2.75, 3.05) is 0 Å². The molecule has 6 aromatic rings. The van der Waals surface area contributed by atoms with E-state index in [2.05, 4.69) is 100 Å².